The van der Waals surface area contributed by atoms with Gasteiger partial charge in [0.05, 0.1) is 5.39 Å². The first kappa shape index (κ1) is 18.2. The third kappa shape index (κ3) is 3.90. The van der Waals surface area contributed by atoms with Crippen molar-refractivity contribution in [1.82, 2.24) is 15.0 Å². The van der Waals surface area contributed by atoms with E-state index < -0.39 is 0 Å². The van der Waals surface area contributed by atoms with Crippen LogP contribution in [-0.4, -0.2) is 15.0 Å². The van der Waals surface area contributed by atoms with Gasteiger partial charge in [-0.3, -0.25) is 4.98 Å². The number of rotatable bonds is 5. The minimum Gasteiger partial charge on any atom is -0.365 e. The van der Waals surface area contributed by atoms with Crippen molar-refractivity contribution in [2.75, 3.05) is 5.32 Å². The number of thiophene rings is 1. The zero-order chi connectivity index (χ0) is 18.8. The number of halogens is 2. The normalized spacial score (nSPS) is 11.1. The molecule has 4 rings (SSSR count). The van der Waals surface area contributed by atoms with Gasteiger partial charge in [-0.1, -0.05) is 36.2 Å². The van der Waals surface area contributed by atoms with Crippen molar-refractivity contribution in [1.29, 1.82) is 0 Å². The molecule has 1 aromatic carbocycles. The average molecular weight is 415 g/mol. The van der Waals surface area contributed by atoms with Crippen LogP contribution in [0.25, 0.3) is 21.6 Å². The Labute approximate surface area is 171 Å². The SMILES string of the molecule is CCc1cc2c(NCc3ccc(Cl)cc3Cl)nc(-c3cccnc3)nc2s1. The molecule has 0 amide bonds. The largest absolute Gasteiger partial charge is 0.365 e. The molecule has 0 spiro atoms. The average Bonchev–Trinajstić information content (AvgIpc) is 3.11. The van der Waals surface area contributed by atoms with Gasteiger partial charge in [-0.2, -0.15) is 0 Å². The molecule has 0 aliphatic heterocycles. The predicted molar refractivity (Wildman–Crippen MR) is 114 cm³/mol. The van der Waals surface area contributed by atoms with Gasteiger partial charge >= 0.3 is 0 Å². The summed E-state index contributed by atoms with van der Waals surface area (Å²) >= 11 is 14.0. The maximum atomic E-state index is 6.30. The standard InChI is InChI=1S/C20H16Cl2N4S/c1-2-15-9-16-19(24-11-12-5-6-14(21)8-17(12)22)25-18(26-20(16)27-15)13-4-3-7-23-10-13/h3-10H,2,11H2,1H3,(H,24,25,26). The fourth-order valence-electron chi connectivity index (χ4n) is 2.75. The number of benzene rings is 1. The highest BCUT2D eigenvalue weighted by Gasteiger charge is 2.13. The maximum absolute atomic E-state index is 6.30. The first-order chi connectivity index (χ1) is 13.1. The number of pyridine rings is 1. The summed E-state index contributed by atoms with van der Waals surface area (Å²) in [6.45, 7) is 2.69. The van der Waals surface area contributed by atoms with Gasteiger partial charge in [-0.25, -0.2) is 9.97 Å². The molecule has 1 N–H and O–H groups in total. The smallest absolute Gasteiger partial charge is 0.164 e. The molecule has 0 atom stereocenters. The first-order valence-corrected chi connectivity index (χ1v) is 10.1. The van der Waals surface area contributed by atoms with Gasteiger partial charge in [0.15, 0.2) is 5.82 Å². The van der Waals surface area contributed by atoms with Crippen LogP contribution in [0.3, 0.4) is 0 Å². The van der Waals surface area contributed by atoms with E-state index in [1.54, 1.807) is 29.8 Å². The maximum Gasteiger partial charge on any atom is 0.164 e. The van der Waals surface area contributed by atoms with Crippen LogP contribution in [0, 0.1) is 0 Å². The van der Waals surface area contributed by atoms with Crippen molar-refractivity contribution in [2.45, 2.75) is 19.9 Å². The summed E-state index contributed by atoms with van der Waals surface area (Å²) in [4.78, 5) is 15.9. The molecule has 4 aromatic rings. The number of aromatic nitrogens is 3. The van der Waals surface area contributed by atoms with Crippen LogP contribution in [0.2, 0.25) is 10.0 Å². The Kier molecular flexibility index (Phi) is 5.25. The monoisotopic (exact) mass is 414 g/mol. The van der Waals surface area contributed by atoms with E-state index in [1.165, 1.54) is 4.88 Å². The molecule has 136 valence electrons. The number of aryl methyl sites for hydroxylation is 1. The number of fused-ring (bicyclic) bond motifs is 1. The highest BCUT2D eigenvalue weighted by atomic mass is 35.5. The lowest BCUT2D eigenvalue weighted by Crippen LogP contribution is -2.04. The van der Waals surface area contributed by atoms with Crippen molar-refractivity contribution in [3.63, 3.8) is 0 Å². The van der Waals surface area contributed by atoms with E-state index in [2.05, 4.69) is 23.3 Å². The van der Waals surface area contributed by atoms with E-state index in [-0.39, 0.29) is 0 Å². The Hall–Kier alpha value is -2.21. The second-order valence-corrected chi connectivity index (χ2v) is 7.97. The van der Waals surface area contributed by atoms with Gasteiger partial charge in [-0.15, -0.1) is 11.3 Å². The molecule has 0 saturated carbocycles. The fraction of sp³-hybridized carbons (Fsp3) is 0.150. The number of nitrogens with zero attached hydrogens (tertiary/aromatic N) is 3. The zero-order valence-corrected chi connectivity index (χ0v) is 16.9. The second kappa shape index (κ2) is 7.80. The number of nitrogens with one attached hydrogen (secondary N) is 1. The van der Waals surface area contributed by atoms with Gasteiger partial charge in [0, 0.05) is 39.4 Å². The molecule has 0 fully saturated rings. The summed E-state index contributed by atoms with van der Waals surface area (Å²) in [6, 6.07) is 11.5. The lowest BCUT2D eigenvalue weighted by atomic mass is 10.2. The minimum atomic E-state index is 0.548. The van der Waals surface area contributed by atoms with Crippen molar-refractivity contribution in [2.24, 2.45) is 0 Å². The molecule has 0 aliphatic rings. The Morgan fingerprint density at radius 2 is 2.00 bits per heavy atom. The number of anilines is 1. The summed E-state index contributed by atoms with van der Waals surface area (Å²) < 4.78 is 0. The van der Waals surface area contributed by atoms with E-state index in [0.29, 0.717) is 22.4 Å². The molecule has 0 radical (unpaired) electrons. The lowest BCUT2D eigenvalue weighted by Gasteiger charge is -2.10. The van der Waals surface area contributed by atoms with Crippen molar-refractivity contribution >= 4 is 50.6 Å². The summed E-state index contributed by atoms with van der Waals surface area (Å²) in [5.74, 6) is 1.45. The molecule has 27 heavy (non-hydrogen) atoms. The Morgan fingerprint density at radius 1 is 1.11 bits per heavy atom. The van der Waals surface area contributed by atoms with Crippen LogP contribution >= 0.6 is 34.5 Å². The van der Waals surface area contributed by atoms with Crippen molar-refractivity contribution < 1.29 is 0 Å². The van der Waals surface area contributed by atoms with Crippen LogP contribution in [0.5, 0.6) is 0 Å². The molecule has 3 heterocycles. The number of hydrogen-bond acceptors (Lipinski definition) is 5. The molecule has 0 unspecified atom stereocenters. The highest BCUT2D eigenvalue weighted by molar-refractivity contribution is 7.18. The molecule has 3 aromatic heterocycles. The highest BCUT2D eigenvalue weighted by Crippen LogP contribution is 2.32. The van der Waals surface area contributed by atoms with Gasteiger partial charge in [-0.05, 0) is 42.3 Å². The van der Waals surface area contributed by atoms with E-state index in [4.69, 9.17) is 33.2 Å². The van der Waals surface area contributed by atoms with Gasteiger partial charge in [0.2, 0.25) is 0 Å². The van der Waals surface area contributed by atoms with Crippen LogP contribution in [0.1, 0.15) is 17.4 Å². The van der Waals surface area contributed by atoms with Crippen molar-refractivity contribution in [3.05, 3.63) is 69.3 Å². The van der Waals surface area contributed by atoms with Gasteiger partial charge < -0.3 is 5.32 Å². The fourth-order valence-corrected chi connectivity index (χ4v) is 4.19. The molecule has 4 nitrogen and oxygen atoms in total. The topological polar surface area (TPSA) is 50.7 Å². The molecular weight excluding hydrogens is 399 g/mol. The number of hydrogen-bond donors (Lipinski definition) is 1. The van der Waals surface area contributed by atoms with Crippen LogP contribution in [0.4, 0.5) is 5.82 Å². The Bertz CT molecular complexity index is 1100. The van der Waals surface area contributed by atoms with E-state index in [0.717, 1.165) is 33.6 Å². The Morgan fingerprint density at radius 3 is 2.74 bits per heavy atom. The Balaban J connectivity index is 1.74. The minimum absolute atomic E-state index is 0.548. The van der Waals surface area contributed by atoms with Crippen LogP contribution < -0.4 is 5.32 Å². The summed E-state index contributed by atoms with van der Waals surface area (Å²) in [5.41, 5.74) is 1.85. The van der Waals surface area contributed by atoms with E-state index >= 15 is 0 Å². The lowest BCUT2D eigenvalue weighted by molar-refractivity contribution is 1.11. The molecule has 7 heteroatoms. The predicted octanol–water partition coefficient (Wildman–Crippen LogP) is 6.23. The summed E-state index contributed by atoms with van der Waals surface area (Å²) in [5, 5.41) is 5.70. The van der Waals surface area contributed by atoms with Gasteiger partial charge in [0.25, 0.3) is 0 Å². The first-order valence-electron chi connectivity index (χ1n) is 8.52. The summed E-state index contributed by atoms with van der Waals surface area (Å²) in [6.07, 6.45) is 4.48. The third-order valence-corrected chi connectivity index (χ3v) is 5.93. The molecule has 0 saturated heterocycles. The molecular formula is C20H16Cl2N4S. The second-order valence-electron chi connectivity index (χ2n) is 6.01. The van der Waals surface area contributed by atoms with E-state index in [9.17, 15) is 0 Å². The van der Waals surface area contributed by atoms with Crippen LogP contribution in [-0.2, 0) is 13.0 Å². The van der Waals surface area contributed by atoms with Crippen molar-refractivity contribution in [3.8, 4) is 11.4 Å². The summed E-state index contributed by atoms with van der Waals surface area (Å²) in [7, 11) is 0. The van der Waals surface area contributed by atoms with Crippen LogP contribution in [0.15, 0.2) is 48.8 Å². The zero-order valence-electron chi connectivity index (χ0n) is 14.5. The molecule has 0 bridgehead atoms. The van der Waals surface area contributed by atoms with Gasteiger partial charge in [0.1, 0.15) is 10.6 Å². The quantitative estimate of drug-likeness (QED) is 0.420. The molecule has 0 aliphatic carbocycles. The third-order valence-electron chi connectivity index (χ3n) is 4.17. The van der Waals surface area contributed by atoms with E-state index in [1.807, 2.05) is 24.3 Å².